The fraction of sp³-hybridized carbons (Fsp3) is 0.615. The second-order valence-corrected chi connectivity index (χ2v) is 6.90. The summed E-state index contributed by atoms with van der Waals surface area (Å²) in [5, 5.41) is 3.64. The molecule has 1 N–H and O–H groups in total. The molecule has 1 atom stereocenters. The fourth-order valence-electron chi connectivity index (χ4n) is 2.54. The van der Waals surface area contributed by atoms with Crippen molar-refractivity contribution in [3.63, 3.8) is 0 Å². The SMILES string of the molecule is Brc1cnc(N2CCCC2CNC2CC2)c(Br)c1. The summed E-state index contributed by atoms with van der Waals surface area (Å²) in [5.41, 5.74) is 0. The number of pyridine rings is 1. The van der Waals surface area contributed by atoms with Crippen molar-refractivity contribution in [3.8, 4) is 0 Å². The van der Waals surface area contributed by atoms with Gasteiger partial charge in [-0.25, -0.2) is 4.98 Å². The molecule has 3 rings (SSSR count). The molecule has 5 heteroatoms. The molecule has 1 aliphatic heterocycles. The van der Waals surface area contributed by atoms with Crippen LogP contribution in [0.15, 0.2) is 21.2 Å². The highest BCUT2D eigenvalue weighted by molar-refractivity contribution is 9.11. The third-order valence-electron chi connectivity index (χ3n) is 3.66. The maximum absolute atomic E-state index is 4.56. The lowest BCUT2D eigenvalue weighted by atomic mass is 10.2. The van der Waals surface area contributed by atoms with Gasteiger partial charge in [-0.1, -0.05) is 0 Å². The van der Waals surface area contributed by atoms with Crippen LogP contribution >= 0.6 is 31.9 Å². The number of hydrogen-bond donors (Lipinski definition) is 1. The Labute approximate surface area is 125 Å². The summed E-state index contributed by atoms with van der Waals surface area (Å²) in [7, 11) is 0. The summed E-state index contributed by atoms with van der Waals surface area (Å²) in [6.45, 7) is 2.21. The number of anilines is 1. The summed E-state index contributed by atoms with van der Waals surface area (Å²) in [6.07, 6.45) is 7.12. The van der Waals surface area contributed by atoms with Crippen LogP contribution in [0.5, 0.6) is 0 Å². The Morgan fingerprint density at radius 3 is 2.89 bits per heavy atom. The van der Waals surface area contributed by atoms with Gasteiger partial charge in [0.1, 0.15) is 5.82 Å². The van der Waals surface area contributed by atoms with E-state index in [1.54, 1.807) is 0 Å². The molecule has 1 aliphatic carbocycles. The molecule has 2 heterocycles. The van der Waals surface area contributed by atoms with E-state index in [0.717, 1.165) is 33.9 Å². The van der Waals surface area contributed by atoms with E-state index in [1.165, 1.54) is 25.7 Å². The highest BCUT2D eigenvalue weighted by Crippen LogP contribution is 2.32. The van der Waals surface area contributed by atoms with Gasteiger partial charge in [-0.05, 0) is 63.6 Å². The molecule has 2 aliphatic rings. The molecular formula is C13H17Br2N3. The lowest BCUT2D eigenvalue weighted by molar-refractivity contribution is 0.568. The Bertz CT molecular complexity index is 434. The van der Waals surface area contributed by atoms with Gasteiger partial charge in [-0.3, -0.25) is 0 Å². The number of rotatable bonds is 4. The summed E-state index contributed by atoms with van der Waals surface area (Å²) < 4.78 is 2.10. The van der Waals surface area contributed by atoms with Crippen LogP contribution in [-0.2, 0) is 0 Å². The molecule has 0 aromatic carbocycles. The largest absolute Gasteiger partial charge is 0.351 e. The molecular weight excluding hydrogens is 358 g/mol. The van der Waals surface area contributed by atoms with Crippen LogP contribution in [-0.4, -0.2) is 30.2 Å². The van der Waals surface area contributed by atoms with Crippen molar-refractivity contribution in [2.45, 2.75) is 37.8 Å². The number of nitrogens with one attached hydrogen (secondary N) is 1. The van der Waals surface area contributed by atoms with E-state index in [0.29, 0.717) is 6.04 Å². The summed E-state index contributed by atoms with van der Waals surface area (Å²) >= 11 is 7.08. The molecule has 2 fully saturated rings. The Balaban J connectivity index is 1.72. The lowest BCUT2D eigenvalue weighted by Gasteiger charge is -2.27. The molecule has 1 saturated carbocycles. The van der Waals surface area contributed by atoms with Crippen molar-refractivity contribution in [1.82, 2.24) is 10.3 Å². The summed E-state index contributed by atoms with van der Waals surface area (Å²) in [4.78, 5) is 6.99. The minimum absolute atomic E-state index is 0.593. The van der Waals surface area contributed by atoms with Crippen LogP contribution < -0.4 is 10.2 Å². The van der Waals surface area contributed by atoms with Gasteiger partial charge in [0.25, 0.3) is 0 Å². The number of hydrogen-bond acceptors (Lipinski definition) is 3. The normalized spacial score (nSPS) is 23.7. The van der Waals surface area contributed by atoms with Crippen LogP contribution in [0.3, 0.4) is 0 Å². The molecule has 1 unspecified atom stereocenters. The molecule has 1 aromatic rings. The third-order valence-corrected chi connectivity index (χ3v) is 4.67. The van der Waals surface area contributed by atoms with Gasteiger partial charge in [0.05, 0.1) is 4.47 Å². The number of halogens is 2. The minimum atomic E-state index is 0.593. The first-order chi connectivity index (χ1) is 8.74. The fourth-order valence-corrected chi connectivity index (χ4v) is 3.75. The molecule has 3 nitrogen and oxygen atoms in total. The lowest BCUT2D eigenvalue weighted by Crippen LogP contribution is -2.39. The molecule has 0 spiro atoms. The standard InChI is InChI=1S/C13H17Br2N3/c14-9-6-12(15)13(17-7-9)18-5-1-2-11(18)8-16-10-3-4-10/h6-7,10-11,16H,1-5,8H2. The van der Waals surface area contributed by atoms with Gasteiger partial charge >= 0.3 is 0 Å². The van der Waals surface area contributed by atoms with Crippen molar-refractivity contribution >= 4 is 37.7 Å². The van der Waals surface area contributed by atoms with Crippen molar-refractivity contribution < 1.29 is 0 Å². The maximum atomic E-state index is 4.56. The van der Waals surface area contributed by atoms with Crippen molar-refractivity contribution in [2.24, 2.45) is 0 Å². The predicted molar refractivity (Wildman–Crippen MR) is 81.0 cm³/mol. The summed E-state index contributed by atoms with van der Waals surface area (Å²) in [5.74, 6) is 1.08. The van der Waals surface area contributed by atoms with E-state index in [1.807, 2.05) is 6.20 Å². The average molecular weight is 375 g/mol. The van der Waals surface area contributed by atoms with E-state index in [4.69, 9.17) is 0 Å². The zero-order valence-electron chi connectivity index (χ0n) is 10.2. The Hall–Kier alpha value is -0.130. The van der Waals surface area contributed by atoms with Gasteiger partial charge in [0.15, 0.2) is 0 Å². The number of nitrogens with zero attached hydrogens (tertiary/aromatic N) is 2. The van der Waals surface area contributed by atoms with E-state index in [9.17, 15) is 0 Å². The molecule has 98 valence electrons. The van der Waals surface area contributed by atoms with E-state index in [2.05, 4.69) is 53.1 Å². The Kier molecular flexibility index (Phi) is 3.91. The first kappa shape index (κ1) is 12.9. The van der Waals surface area contributed by atoms with Crippen LogP contribution in [0.25, 0.3) is 0 Å². The highest BCUT2D eigenvalue weighted by Gasteiger charge is 2.29. The topological polar surface area (TPSA) is 28.2 Å². The van der Waals surface area contributed by atoms with Crippen molar-refractivity contribution in [2.75, 3.05) is 18.0 Å². The van der Waals surface area contributed by atoms with Crippen molar-refractivity contribution in [3.05, 3.63) is 21.2 Å². The van der Waals surface area contributed by atoms with Gasteiger partial charge < -0.3 is 10.2 Å². The monoisotopic (exact) mass is 373 g/mol. The van der Waals surface area contributed by atoms with Gasteiger partial charge in [-0.15, -0.1) is 0 Å². The van der Waals surface area contributed by atoms with Crippen molar-refractivity contribution in [1.29, 1.82) is 0 Å². The van der Waals surface area contributed by atoms with E-state index in [-0.39, 0.29) is 0 Å². The van der Waals surface area contributed by atoms with E-state index < -0.39 is 0 Å². The van der Waals surface area contributed by atoms with Crippen LogP contribution in [0.2, 0.25) is 0 Å². The van der Waals surface area contributed by atoms with E-state index >= 15 is 0 Å². The van der Waals surface area contributed by atoms with Gasteiger partial charge in [-0.2, -0.15) is 0 Å². The first-order valence-corrected chi connectivity index (χ1v) is 8.14. The van der Waals surface area contributed by atoms with Crippen LogP contribution in [0.1, 0.15) is 25.7 Å². The molecule has 18 heavy (non-hydrogen) atoms. The third kappa shape index (κ3) is 2.89. The quantitative estimate of drug-likeness (QED) is 0.876. The van der Waals surface area contributed by atoms with Gasteiger partial charge in [0, 0.05) is 35.8 Å². The smallest absolute Gasteiger partial charge is 0.143 e. The zero-order chi connectivity index (χ0) is 12.5. The van der Waals surface area contributed by atoms with Crippen LogP contribution in [0.4, 0.5) is 5.82 Å². The maximum Gasteiger partial charge on any atom is 0.143 e. The zero-order valence-corrected chi connectivity index (χ0v) is 13.4. The average Bonchev–Trinajstić information content (AvgIpc) is 3.06. The highest BCUT2D eigenvalue weighted by atomic mass is 79.9. The minimum Gasteiger partial charge on any atom is -0.351 e. The molecule has 1 saturated heterocycles. The number of aromatic nitrogens is 1. The molecule has 0 amide bonds. The Morgan fingerprint density at radius 2 is 2.17 bits per heavy atom. The van der Waals surface area contributed by atoms with Crippen LogP contribution in [0, 0.1) is 0 Å². The molecule has 1 aromatic heterocycles. The second-order valence-electron chi connectivity index (χ2n) is 5.13. The second kappa shape index (κ2) is 5.47. The summed E-state index contributed by atoms with van der Waals surface area (Å²) in [6, 6.07) is 3.45. The molecule has 0 radical (unpaired) electrons. The first-order valence-electron chi connectivity index (χ1n) is 6.55. The molecule has 0 bridgehead atoms. The van der Waals surface area contributed by atoms with Gasteiger partial charge in [0.2, 0.25) is 0 Å². The predicted octanol–water partition coefficient (Wildman–Crippen LogP) is 3.33. The Morgan fingerprint density at radius 1 is 1.33 bits per heavy atom.